The molecular weight excluding hydrogens is 84.0 g/mol. The molecule has 0 spiro atoms. The second kappa shape index (κ2) is 3.08. The van der Waals surface area contributed by atoms with Crippen molar-refractivity contribution in [2.24, 2.45) is 0 Å². The van der Waals surface area contributed by atoms with Crippen LogP contribution in [0.5, 0.6) is 0 Å². The molecule has 0 saturated carbocycles. The van der Waals surface area contributed by atoms with Gasteiger partial charge in [0.15, 0.2) is 0 Å². The third-order valence-corrected chi connectivity index (χ3v) is 0.365. The van der Waals surface area contributed by atoms with Gasteiger partial charge in [0.25, 0.3) is 0 Å². The number of aliphatic hydroxyl groups excluding tert-OH is 2. The molecule has 0 unspecified atom stereocenters. The van der Waals surface area contributed by atoms with E-state index in [1.807, 2.05) is 0 Å². The molecule has 0 saturated heterocycles. The molecule has 3 nitrogen and oxygen atoms in total. The molecule has 0 aromatic heterocycles. The molecule has 0 aromatic carbocycles. The summed E-state index contributed by atoms with van der Waals surface area (Å²) in [6.07, 6.45) is -2.06. The molecule has 0 aromatic rings. The Kier molecular flexibility index (Phi) is 2.08. The third kappa shape index (κ3) is 2.14. The van der Waals surface area contributed by atoms with Gasteiger partial charge in [-0.3, -0.25) is 0 Å². The third-order valence-electron chi connectivity index (χ3n) is 0.365. The molecule has 0 radical (unpaired) electrons. The van der Waals surface area contributed by atoms with Crippen LogP contribution in [0, 0.1) is 0 Å². The monoisotopic (exact) mass is 94.1 g/mol. The predicted molar refractivity (Wildman–Crippen MR) is 20.2 cm³/mol. The Morgan fingerprint density at radius 3 is 1.83 bits per heavy atom. The maximum absolute atomic E-state index is 8.30. The van der Waals surface area contributed by atoms with Crippen LogP contribution >= 0.6 is 0 Å². The molecule has 3 heteroatoms. The molecule has 0 aliphatic heterocycles. The minimum atomic E-state index is -2.06. The normalized spacial score (nSPS) is 14.2. The molecule has 38 valence electrons. The Morgan fingerprint density at radius 1 is 1.50 bits per heavy atom. The molecule has 0 fully saturated rings. The summed E-state index contributed by atoms with van der Waals surface area (Å²) in [6, 6.07) is 0. The van der Waals surface area contributed by atoms with E-state index in [-0.39, 0.29) is 0 Å². The van der Waals surface area contributed by atoms with Crippen LogP contribution in [0.2, 0.25) is 0 Å². The molecule has 0 rings (SSSR count). The Morgan fingerprint density at radius 2 is 1.83 bits per heavy atom. The lowest BCUT2D eigenvalue weighted by molar-refractivity contribution is 0.0450. The van der Waals surface area contributed by atoms with Gasteiger partial charge in [-0.2, -0.15) is 0 Å². The minimum absolute atomic E-state index is 0.733. The van der Waals surface area contributed by atoms with E-state index in [9.17, 15) is 0 Å². The molecule has 0 aliphatic rings. The summed E-state index contributed by atoms with van der Waals surface area (Å²) in [5, 5.41) is 24.3. The summed E-state index contributed by atoms with van der Waals surface area (Å²) in [7, 11) is 0. The van der Waals surface area contributed by atoms with Gasteiger partial charge in [0.2, 0.25) is 0 Å². The van der Waals surface area contributed by atoms with E-state index < -0.39 is 19.3 Å². The van der Waals surface area contributed by atoms with Gasteiger partial charge in [-0.05, 0) is 0 Å². The van der Waals surface area contributed by atoms with Crippen LogP contribution in [0.4, 0.5) is 0 Å². The van der Waals surface area contributed by atoms with Gasteiger partial charge in [0.05, 0.1) is 14.6 Å². The Labute approximate surface area is 37.3 Å². The van der Waals surface area contributed by atoms with E-state index in [0.29, 0.717) is 0 Å². The van der Waals surface area contributed by atoms with E-state index in [2.05, 4.69) is 0 Å². The first-order valence-electron chi connectivity index (χ1n) is 2.06. The Balaban J connectivity index is 3.36. The first-order valence-corrected chi connectivity index (χ1v) is 1.56. The quantitative estimate of drug-likeness (QED) is 0.383. The van der Waals surface area contributed by atoms with Crippen LogP contribution in [0.1, 0.15) is 1.37 Å². The van der Waals surface area contributed by atoms with Crippen LogP contribution in [-0.4, -0.2) is 34.6 Å². The zero-order valence-corrected chi connectivity index (χ0v) is 3.26. The largest absolute Gasteiger partial charge is 0.394 e. The number of aliphatic hydroxyl groups is 3. The summed E-state index contributed by atoms with van der Waals surface area (Å²) in [5.41, 5.74) is 0. The average Bonchev–Trinajstić information content (AvgIpc) is 1.68. The summed E-state index contributed by atoms with van der Waals surface area (Å²) >= 11 is 0. The van der Waals surface area contributed by atoms with Gasteiger partial charge in [0, 0.05) is 0 Å². The van der Waals surface area contributed by atoms with E-state index in [0.717, 1.165) is 0 Å². The molecule has 0 aliphatic carbocycles. The van der Waals surface area contributed by atoms with Crippen LogP contribution in [0.15, 0.2) is 0 Å². The van der Waals surface area contributed by atoms with E-state index in [1.165, 1.54) is 0 Å². The zero-order chi connectivity index (χ0) is 5.91. The predicted octanol–water partition coefficient (Wildman–Crippen LogP) is -1.67. The highest BCUT2D eigenvalue weighted by Gasteiger charge is 1.93. The summed E-state index contributed by atoms with van der Waals surface area (Å²) in [5.74, 6) is 0. The standard InChI is InChI=1S/C3H8O3/c4-1-3(6)2-5/h3-6H,1-2H2/i3T. The van der Waals surface area contributed by atoms with Crippen molar-refractivity contribution in [3.8, 4) is 0 Å². The topological polar surface area (TPSA) is 60.7 Å². The lowest BCUT2D eigenvalue weighted by Crippen LogP contribution is -2.15. The van der Waals surface area contributed by atoms with Crippen molar-refractivity contribution in [2.75, 3.05) is 13.2 Å². The highest BCUT2D eigenvalue weighted by atomic mass is 16.3. The van der Waals surface area contributed by atoms with Crippen LogP contribution < -0.4 is 0 Å². The van der Waals surface area contributed by atoms with E-state index in [4.69, 9.17) is 16.7 Å². The van der Waals surface area contributed by atoms with Crippen molar-refractivity contribution in [1.82, 2.24) is 0 Å². The Hall–Kier alpha value is -0.120. The number of rotatable bonds is 2. The zero-order valence-electron chi connectivity index (χ0n) is 4.26. The fourth-order valence-corrected chi connectivity index (χ4v) is 0.0500. The summed E-state index contributed by atoms with van der Waals surface area (Å²) in [6.45, 7) is -1.47. The van der Waals surface area contributed by atoms with Gasteiger partial charge in [0.1, 0.15) is 6.08 Å². The second-order valence-corrected chi connectivity index (χ2v) is 0.882. The molecule has 0 bridgehead atoms. The van der Waals surface area contributed by atoms with Crippen LogP contribution in [0.25, 0.3) is 0 Å². The molecule has 0 amide bonds. The summed E-state index contributed by atoms with van der Waals surface area (Å²) in [4.78, 5) is 0. The summed E-state index contributed by atoms with van der Waals surface area (Å²) < 4.78 is 6.48. The lowest BCUT2D eigenvalue weighted by Gasteiger charge is -1.96. The van der Waals surface area contributed by atoms with Crippen LogP contribution in [-0.2, 0) is 0 Å². The van der Waals surface area contributed by atoms with Crippen molar-refractivity contribution < 1.29 is 16.7 Å². The smallest absolute Gasteiger partial charge is 0.100 e. The van der Waals surface area contributed by atoms with Crippen molar-refractivity contribution in [3.05, 3.63) is 0 Å². The van der Waals surface area contributed by atoms with Gasteiger partial charge in [-0.15, -0.1) is 0 Å². The molecule has 3 N–H and O–H groups in total. The van der Waals surface area contributed by atoms with Crippen LogP contribution in [0.3, 0.4) is 0 Å². The van der Waals surface area contributed by atoms with Gasteiger partial charge in [-0.25, -0.2) is 0 Å². The molecule has 0 atom stereocenters. The number of hydrogen-bond donors (Lipinski definition) is 3. The highest BCUT2D eigenvalue weighted by Crippen LogP contribution is 1.71. The van der Waals surface area contributed by atoms with Crippen molar-refractivity contribution >= 4 is 0 Å². The number of hydrogen-bond acceptors (Lipinski definition) is 3. The van der Waals surface area contributed by atoms with Gasteiger partial charge in [-0.1, -0.05) is 0 Å². The molecule has 0 heterocycles. The first-order chi connectivity index (χ1) is 3.12. The van der Waals surface area contributed by atoms with Gasteiger partial charge >= 0.3 is 0 Å². The van der Waals surface area contributed by atoms with Gasteiger partial charge < -0.3 is 15.3 Å². The molecular formula is C3H8O3. The maximum Gasteiger partial charge on any atom is 0.100 e. The first kappa shape index (κ1) is 4.05. The lowest BCUT2D eigenvalue weighted by atomic mass is 10.4. The Bertz CT molecular complexity index is 48.1. The highest BCUT2D eigenvalue weighted by molar-refractivity contribution is 4.43. The van der Waals surface area contributed by atoms with Crippen molar-refractivity contribution in [1.29, 1.82) is 0 Å². The SMILES string of the molecule is [3H]C(O)(CO)CO. The van der Waals surface area contributed by atoms with E-state index >= 15 is 0 Å². The average molecular weight is 94.1 g/mol. The fraction of sp³-hybridized carbons (Fsp3) is 1.00. The van der Waals surface area contributed by atoms with E-state index in [1.54, 1.807) is 0 Å². The van der Waals surface area contributed by atoms with Crippen molar-refractivity contribution in [2.45, 2.75) is 6.08 Å². The fourth-order valence-electron chi connectivity index (χ4n) is 0.0500. The maximum atomic E-state index is 8.30. The van der Waals surface area contributed by atoms with Crippen molar-refractivity contribution in [3.63, 3.8) is 0 Å². The minimum Gasteiger partial charge on any atom is -0.394 e. The second-order valence-electron chi connectivity index (χ2n) is 0.882. The molecule has 6 heavy (non-hydrogen) atoms.